The molecule has 0 fully saturated rings. The van der Waals surface area contributed by atoms with Crippen molar-refractivity contribution >= 4 is 0 Å². The average molecular weight is 180 g/mol. The molecular formula is C10H16N2O. The monoisotopic (exact) mass is 180 g/mol. The number of nitroso groups, excluding NO2 is 1. The second-order valence-electron chi connectivity index (χ2n) is 3.01. The largest absolute Gasteiger partial charge is 0.399 e. The van der Waals surface area contributed by atoms with E-state index in [1.54, 1.807) is 6.08 Å². The van der Waals surface area contributed by atoms with Gasteiger partial charge >= 0.3 is 0 Å². The average Bonchev–Trinajstić information content (AvgIpc) is 2.03. The van der Waals surface area contributed by atoms with Crippen LogP contribution in [0.4, 0.5) is 0 Å². The third-order valence-electron chi connectivity index (χ3n) is 1.54. The van der Waals surface area contributed by atoms with Crippen molar-refractivity contribution in [2.24, 2.45) is 10.9 Å². The molecule has 3 nitrogen and oxygen atoms in total. The van der Waals surface area contributed by atoms with Crippen LogP contribution >= 0.6 is 0 Å². The number of hydrogen-bond acceptors (Lipinski definition) is 3. The Morgan fingerprint density at radius 3 is 2.62 bits per heavy atom. The van der Waals surface area contributed by atoms with Crippen molar-refractivity contribution in [3.8, 4) is 0 Å². The first kappa shape index (κ1) is 11.6. The van der Waals surface area contributed by atoms with Crippen molar-refractivity contribution in [2.45, 2.75) is 19.8 Å². The quantitative estimate of drug-likeness (QED) is 0.388. The van der Waals surface area contributed by atoms with E-state index in [0.29, 0.717) is 25.1 Å². The van der Waals surface area contributed by atoms with Crippen molar-refractivity contribution in [1.29, 1.82) is 0 Å². The SMILES string of the molecule is C=C(C)/C=C(/N)C(=C)CCCN=O. The molecule has 13 heavy (non-hydrogen) atoms. The van der Waals surface area contributed by atoms with Crippen molar-refractivity contribution in [3.05, 3.63) is 41.0 Å². The molecule has 0 aliphatic carbocycles. The van der Waals surface area contributed by atoms with Crippen molar-refractivity contribution in [1.82, 2.24) is 0 Å². The van der Waals surface area contributed by atoms with E-state index in [0.717, 1.165) is 11.1 Å². The molecule has 0 rings (SSSR count). The maximum absolute atomic E-state index is 9.79. The molecule has 0 spiro atoms. The van der Waals surface area contributed by atoms with E-state index in [-0.39, 0.29) is 0 Å². The summed E-state index contributed by atoms with van der Waals surface area (Å²) in [5.74, 6) is 0. The summed E-state index contributed by atoms with van der Waals surface area (Å²) in [5, 5.41) is 2.76. The van der Waals surface area contributed by atoms with Crippen LogP contribution in [-0.2, 0) is 0 Å². The Balaban J connectivity index is 3.96. The van der Waals surface area contributed by atoms with Crippen LogP contribution in [0.5, 0.6) is 0 Å². The Morgan fingerprint density at radius 1 is 1.54 bits per heavy atom. The summed E-state index contributed by atoms with van der Waals surface area (Å²) in [5.41, 5.74) is 8.06. The minimum Gasteiger partial charge on any atom is -0.399 e. The number of nitrogens with zero attached hydrogens (tertiary/aromatic N) is 1. The van der Waals surface area contributed by atoms with E-state index in [1.807, 2.05) is 6.92 Å². The summed E-state index contributed by atoms with van der Waals surface area (Å²) in [7, 11) is 0. The number of nitrogens with two attached hydrogens (primary N) is 1. The smallest absolute Gasteiger partial charge is 0.0814 e. The summed E-state index contributed by atoms with van der Waals surface area (Å²) < 4.78 is 0. The fourth-order valence-electron chi connectivity index (χ4n) is 0.869. The molecule has 0 saturated heterocycles. The molecule has 3 heteroatoms. The highest BCUT2D eigenvalue weighted by Gasteiger charge is 1.97. The predicted molar refractivity (Wildman–Crippen MR) is 56.1 cm³/mol. The zero-order chi connectivity index (χ0) is 10.3. The van der Waals surface area contributed by atoms with Gasteiger partial charge in [-0.3, -0.25) is 0 Å². The topological polar surface area (TPSA) is 55.4 Å². The lowest BCUT2D eigenvalue weighted by atomic mass is 10.1. The Kier molecular flexibility index (Phi) is 5.52. The van der Waals surface area contributed by atoms with Crippen molar-refractivity contribution in [2.75, 3.05) is 6.54 Å². The van der Waals surface area contributed by atoms with E-state index in [4.69, 9.17) is 5.73 Å². The third-order valence-corrected chi connectivity index (χ3v) is 1.54. The minimum absolute atomic E-state index is 0.319. The maximum Gasteiger partial charge on any atom is 0.0814 e. The second kappa shape index (κ2) is 6.17. The van der Waals surface area contributed by atoms with E-state index >= 15 is 0 Å². The summed E-state index contributed by atoms with van der Waals surface area (Å²) in [6, 6.07) is 0. The second-order valence-corrected chi connectivity index (χ2v) is 3.01. The first-order chi connectivity index (χ1) is 6.07. The standard InChI is InChI=1S/C10H16N2O/c1-8(2)7-10(11)9(3)5-4-6-12-13/h7H,1,3-6,11H2,2H3/b10-7+. The first-order valence-electron chi connectivity index (χ1n) is 4.18. The molecule has 0 aromatic heterocycles. The van der Waals surface area contributed by atoms with Crippen molar-refractivity contribution < 1.29 is 0 Å². The van der Waals surface area contributed by atoms with Crippen LogP contribution in [0.15, 0.2) is 41.3 Å². The van der Waals surface area contributed by atoms with Gasteiger partial charge in [0.05, 0.1) is 6.54 Å². The molecule has 0 bridgehead atoms. The zero-order valence-electron chi connectivity index (χ0n) is 8.05. The van der Waals surface area contributed by atoms with Crippen LogP contribution in [0.25, 0.3) is 0 Å². The van der Waals surface area contributed by atoms with Crippen LogP contribution in [-0.4, -0.2) is 6.54 Å². The van der Waals surface area contributed by atoms with Crippen LogP contribution in [0.2, 0.25) is 0 Å². The summed E-state index contributed by atoms with van der Waals surface area (Å²) in [6.45, 7) is 9.70. The van der Waals surface area contributed by atoms with Gasteiger partial charge in [-0.05, 0) is 31.4 Å². The number of allylic oxidation sites excluding steroid dienone is 3. The van der Waals surface area contributed by atoms with Gasteiger partial charge in [0.15, 0.2) is 0 Å². The van der Waals surface area contributed by atoms with Gasteiger partial charge in [0.2, 0.25) is 0 Å². The van der Waals surface area contributed by atoms with E-state index in [2.05, 4.69) is 18.3 Å². The highest BCUT2D eigenvalue weighted by Crippen LogP contribution is 2.10. The number of hydrogen-bond donors (Lipinski definition) is 1. The molecule has 0 amide bonds. The molecule has 0 radical (unpaired) electrons. The highest BCUT2D eigenvalue weighted by atomic mass is 16.3. The maximum atomic E-state index is 9.79. The van der Waals surface area contributed by atoms with Gasteiger partial charge in [0, 0.05) is 5.70 Å². The zero-order valence-corrected chi connectivity index (χ0v) is 8.05. The van der Waals surface area contributed by atoms with Gasteiger partial charge in [-0.25, -0.2) is 0 Å². The third kappa shape index (κ3) is 5.84. The molecule has 0 aromatic carbocycles. The Hall–Kier alpha value is -1.38. The highest BCUT2D eigenvalue weighted by molar-refractivity contribution is 5.31. The van der Waals surface area contributed by atoms with Crippen LogP contribution in [0.3, 0.4) is 0 Å². The molecule has 0 saturated carbocycles. The molecule has 0 aliphatic heterocycles. The summed E-state index contributed by atoms with van der Waals surface area (Å²) in [4.78, 5) is 9.79. The molecule has 0 aliphatic rings. The molecule has 0 unspecified atom stereocenters. The fourth-order valence-corrected chi connectivity index (χ4v) is 0.869. The van der Waals surface area contributed by atoms with E-state index < -0.39 is 0 Å². The van der Waals surface area contributed by atoms with Gasteiger partial charge in [-0.2, -0.15) is 4.91 Å². The molecule has 72 valence electrons. The first-order valence-corrected chi connectivity index (χ1v) is 4.18. The minimum atomic E-state index is 0.319. The van der Waals surface area contributed by atoms with Gasteiger partial charge in [0.1, 0.15) is 0 Å². The van der Waals surface area contributed by atoms with Gasteiger partial charge in [0.25, 0.3) is 0 Å². The Morgan fingerprint density at radius 2 is 2.15 bits per heavy atom. The predicted octanol–water partition coefficient (Wildman–Crippen LogP) is 2.51. The molecule has 0 heterocycles. The molecular weight excluding hydrogens is 164 g/mol. The van der Waals surface area contributed by atoms with Crippen LogP contribution < -0.4 is 5.73 Å². The fraction of sp³-hybridized carbons (Fsp3) is 0.400. The Labute approximate surface area is 79.0 Å². The summed E-state index contributed by atoms with van der Waals surface area (Å²) in [6.07, 6.45) is 3.19. The lowest BCUT2D eigenvalue weighted by Crippen LogP contribution is -2.01. The molecule has 0 atom stereocenters. The van der Waals surface area contributed by atoms with Crippen LogP contribution in [0, 0.1) is 4.91 Å². The van der Waals surface area contributed by atoms with E-state index in [9.17, 15) is 4.91 Å². The van der Waals surface area contributed by atoms with Crippen LogP contribution in [0.1, 0.15) is 19.8 Å². The van der Waals surface area contributed by atoms with E-state index in [1.165, 1.54) is 0 Å². The van der Waals surface area contributed by atoms with Gasteiger partial charge in [-0.1, -0.05) is 23.9 Å². The molecule has 0 aromatic rings. The Bertz CT molecular complexity index is 241. The molecule has 2 N–H and O–H groups in total. The lowest BCUT2D eigenvalue weighted by molar-refractivity contribution is 0.824. The summed E-state index contributed by atoms with van der Waals surface area (Å²) >= 11 is 0. The normalized spacial score (nSPS) is 11.0. The number of rotatable bonds is 6. The lowest BCUT2D eigenvalue weighted by Gasteiger charge is -2.04. The van der Waals surface area contributed by atoms with Gasteiger partial charge in [-0.15, -0.1) is 0 Å². The van der Waals surface area contributed by atoms with Crippen molar-refractivity contribution in [3.63, 3.8) is 0 Å². The van der Waals surface area contributed by atoms with Gasteiger partial charge < -0.3 is 5.73 Å².